The molecule has 12 heavy (non-hydrogen) atoms. The molecule has 0 aliphatic rings. The van der Waals surface area contributed by atoms with Gasteiger partial charge in [-0.3, -0.25) is 0 Å². The lowest BCUT2D eigenvalue weighted by molar-refractivity contribution is 0.210. The summed E-state index contributed by atoms with van der Waals surface area (Å²) in [7, 11) is -4.43. The van der Waals surface area contributed by atoms with Crippen molar-refractivity contribution in [3.8, 4) is 0 Å². The van der Waals surface area contributed by atoms with E-state index in [-0.39, 0.29) is 0 Å². The number of hydrogen-bond acceptors (Lipinski definition) is 4. The van der Waals surface area contributed by atoms with Gasteiger partial charge in [0.2, 0.25) is 0 Å². The Kier molecular flexibility index (Phi) is 5.57. The van der Waals surface area contributed by atoms with Crippen LogP contribution in [-0.2, 0) is 8.54 Å². The summed E-state index contributed by atoms with van der Waals surface area (Å²) in [6.45, 7) is 1.95. The maximum absolute atomic E-state index is 10.6. The molecule has 0 radical (unpaired) electrons. The Hall–Kier alpha value is -0.0300. The van der Waals surface area contributed by atoms with E-state index in [9.17, 15) is 9.36 Å². The summed E-state index contributed by atoms with van der Waals surface area (Å²) in [6, 6.07) is 0. The van der Waals surface area contributed by atoms with E-state index in [1.54, 1.807) is 0 Å². The number of rotatable bonds is 6. The van der Waals surface area contributed by atoms with Crippen LogP contribution in [0.3, 0.4) is 0 Å². The summed E-state index contributed by atoms with van der Waals surface area (Å²) in [5, 5.41) is 8.15. The third-order valence-electron chi connectivity index (χ3n) is 0.977. The maximum atomic E-state index is 10.6. The SMILES string of the molecule is CCCCSOP(=O)(O)C(=O)O. The quantitative estimate of drug-likeness (QED) is 0.401. The average molecular weight is 214 g/mol. The first-order valence-corrected chi connectivity index (χ1v) is 5.87. The van der Waals surface area contributed by atoms with E-state index in [4.69, 9.17) is 10.00 Å². The Morgan fingerprint density at radius 2 is 2.25 bits per heavy atom. The van der Waals surface area contributed by atoms with Crippen molar-refractivity contribution in [3.63, 3.8) is 0 Å². The molecule has 5 nitrogen and oxygen atoms in total. The van der Waals surface area contributed by atoms with Gasteiger partial charge in [0.05, 0.1) is 0 Å². The Bertz CT molecular complexity index is 194. The van der Waals surface area contributed by atoms with Crippen LogP contribution in [0, 0.1) is 0 Å². The molecule has 7 heteroatoms. The lowest BCUT2D eigenvalue weighted by atomic mass is 10.4. The van der Waals surface area contributed by atoms with E-state index in [1.165, 1.54) is 0 Å². The molecule has 0 spiro atoms. The van der Waals surface area contributed by atoms with Crippen LogP contribution in [0.2, 0.25) is 0 Å². The summed E-state index contributed by atoms with van der Waals surface area (Å²) >= 11 is 0.719. The minimum absolute atomic E-state index is 0.522. The molecule has 72 valence electrons. The maximum Gasteiger partial charge on any atom is 0.446 e. The first-order valence-electron chi connectivity index (χ1n) is 3.38. The van der Waals surface area contributed by atoms with Crippen LogP contribution >= 0.6 is 19.6 Å². The van der Waals surface area contributed by atoms with Crippen molar-refractivity contribution in [2.45, 2.75) is 19.8 Å². The van der Waals surface area contributed by atoms with E-state index in [2.05, 4.69) is 3.97 Å². The predicted octanol–water partition coefficient (Wildman–Crippen LogP) is 2.31. The molecule has 0 saturated carbocycles. The molecule has 0 aliphatic carbocycles. The molecule has 2 N–H and O–H groups in total. The minimum atomic E-state index is -4.43. The second-order valence-electron chi connectivity index (χ2n) is 2.05. The van der Waals surface area contributed by atoms with Gasteiger partial charge >= 0.3 is 13.3 Å². The molecule has 0 bridgehead atoms. The summed E-state index contributed by atoms with van der Waals surface area (Å²) in [6.07, 6.45) is 1.75. The van der Waals surface area contributed by atoms with Crippen molar-refractivity contribution >= 4 is 25.3 Å². The van der Waals surface area contributed by atoms with Crippen LogP contribution in [0.4, 0.5) is 4.79 Å². The average Bonchev–Trinajstić information content (AvgIpc) is 1.98. The molecule has 0 fully saturated rings. The van der Waals surface area contributed by atoms with Gasteiger partial charge in [-0.15, -0.1) is 0 Å². The van der Waals surface area contributed by atoms with Crippen molar-refractivity contribution in [2.24, 2.45) is 0 Å². The van der Waals surface area contributed by atoms with E-state index in [0.29, 0.717) is 5.75 Å². The van der Waals surface area contributed by atoms with Crippen LogP contribution in [0.15, 0.2) is 0 Å². The fraction of sp³-hybridized carbons (Fsp3) is 0.800. The molecule has 0 aliphatic heterocycles. The van der Waals surface area contributed by atoms with Crippen LogP contribution in [0.25, 0.3) is 0 Å². The Balaban J connectivity index is 3.63. The van der Waals surface area contributed by atoms with Crippen molar-refractivity contribution in [2.75, 3.05) is 5.75 Å². The van der Waals surface area contributed by atoms with Crippen LogP contribution in [0.1, 0.15) is 19.8 Å². The van der Waals surface area contributed by atoms with E-state index >= 15 is 0 Å². The van der Waals surface area contributed by atoms with Crippen LogP contribution in [0.5, 0.6) is 0 Å². The van der Waals surface area contributed by atoms with Crippen molar-refractivity contribution in [1.29, 1.82) is 0 Å². The summed E-state index contributed by atoms with van der Waals surface area (Å²) in [4.78, 5) is 18.6. The highest BCUT2D eigenvalue weighted by Crippen LogP contribution is 2.46. The third-order valence-corrected chi connectivity index (χ3v) is 3.15. The van der Waals surface area contributed by atoms with Gasteiger partial charge in [-0.25, -0.2) is 13.3 Å². The van der Waals surface area contributed by atoms with Gasteiger partial charge in [0.25, 0.3) is 0 Å². The lowest BCUT2D eigenvalue weighted by Gasteiger charge is -2.04. The molecule has 1 unspecified atom stereocenters. The molecule has 0 aromatic heterocycles. The number of carboxylic acid groups (broad SMARTS) is 1. The van der Waals surface area contributed by atoms with Crippen molar-refractivity contribution in [1.82, 2.24) is 0 Å². The van der Waals surface area contributed by atoms with E-state index < -0.39 is 13.3 Å². The van der Waals surface area contributed by atoms with Crippen molar-refractivity contribution in [3.05, 3.63) is 0 Å². The number of carbonyl (C=O) groups is 1. The third kappa shape index (κ3) is 4.77. The van der Waals surface area contributed by atoms with Gasteiger partial charge in [-0.1, -0.05) is 13.3 Å². The van der Waals surface area contributed by atoms with E-state index in [1.807, 2.05) is 6.92 Å². The molecule has 0 aromatic rings. The smallest absolute Gasteiger partial charge is 0.446 e. The van der Waals surface area contributed by atoms with Gasteiger partial charge in [0.15, 0.2) is 0 Å². The summed E-state index contributed by atoms with van der Waals surface area (Å²) in [5.41, 5.74) is -1.81. The van der Waals surface area contributed by atoms with Gasteiger partial charge in [0.1, 0.15) is 0 Å². The predicted molar refractivity (Wildman–Crippen MR) is 46.3 cm³/mol. The number of hydrogen-bond donors (Lipinski definition) is 2. The lowest BCUT2D eigenvalue weighted by Crippen LogP contribution is -1.95. The molecular weight excluding hydrogens is 203 g/mol. The standard InChI is InChI=1S/C5H11O5PS/c1-2-3-4-12-10-11(8,9)5(6)7/h2-4H2,1H3,(H,6,7)(H,8,9). The molecule has 0 aromatic carbocycles. The van der Waals surface area contributed by atoms with Crippen LogP contribution < -0.4 is 0 Å². The highest BCUT2D eigenvalue weighted by atomic mass is 32.2. The zero-order valence-electron chi connectivity index (χ0n) is 6.60. The van der Waals surface area contributed by atoms with Gasteiger partial charge in [0, 0.05) is 17.8 Å². The first kappa shape index (κ1) is 12.0. The molecule has 0 heterocycles. The van der Waals surface area contributed by atoms with Gasteiger partial charge < -0.3 is 10.00 Å². The molecule has 0 rings (SSSR count). The highest BCUT2D eigenvalue weighted by Gasteiger charge is 2.30. The minimum Gasteiger partial charge on any atom is -0.472 e. The summed E-state index contributed by atoms with van der Waals surface area (Å²) < 4.78 is 14.8. The fourth-order valence-corrected chi connectivity index (χ4v) is 1.88. The topological polar surface area (TPSA) is 83.8 Å². The largest absolute Gasteiger partial charge is 0.472 e. The van der Waals surface area contributed by atoms with Gasteiger partial charge in [-0.05, 0) is 6.42 Å². The van der Waals surface area contributed by atoms with Crippen LogP contribution in [-0.4, -0.2) is 21.5 Å². The second kappa shape index (κ2) is 5.59. The van der Waals surface area contributed by atoms with Crippen molar-refractivity contribution < 1.29 is 23.3 Å². The second-order valence-corrected chi connectivity index (χ2v) is 4.72. The monoisotopic (exact) mass is 214 g/mol. The Morgan fingerprint density at radius 3 is 2.67 bits per heavy atom. The van der Waals surface area contributed by atoms with Gasteiger partial charge in [-0.2, -0.15) is 0 Å². The number of unbranched alkanes of at least 4 members (excludes halogenated alkanes) is 1. The normalized spacial score (nSPS) is 15.5. The molecule has 1 atom stereocenters. The zero-order valence-corrected chi connectivity index (χ0v) is 8.31. The Labute approximate surface area is 74.9 Å². The van der Waals surface area contributed by atoms with E-state index in [0.717, 1.165) is 24.9 Å². The summed E-state index contributed by atoms with van der Waals surface area (Å²) in [5.74, 6) is 0.522. The fourth-order valence-electron chi connectivity index (χ4n) is 0.344. The zero-order chi connectivity index (χ0) is 9.61. The first-order chi connectivity index (χ1) is 5.50. The molecule has 0 amide bonds. The molecule has 0 saturated heterocycles. The Morgan fingerprint density at radius 1 is 1.67 bits per heavy atom. The molecular formula is C5H11O5PS. The highest BCUT2D eigenvalue weighted by molar-refractivity contribution is 7.99.